The van der Waals surface area contributed by atoms with Gasteiger partial charge in [0.2, 0.25) is 0 Å². The standard InChI is InChI=1S/C9H11F/c10-9-5-4-7-2-1-3-8(7)6-9/h1-2,4-5,7-9H,3,6H2. The van der Waals surface area contributed by atoms with E-state index in [0.29, 0.717) is 11.8 Å². The van der Waals surface area contributed by atoms with Gasteiger partial charge in [-0.15, -0.1) is 0 Å². The summed E-state index contributed by atoms with van der Waals surface area (Å²) < 4.78 is 12.7. The molecule has 3 atom stereocenters. The van der Waals surface area contributed by atoms with Crippen LogP contribution in [0, 0.1) is 11.8 Å². The molecule has 3 unspecified atom stereocenters. The molecule has 0 aliphatic heterocycles. The van der Waals surface area contributed by atoms with Gasteiger partial charge in [0.1, 0.15) is 6.17 Å². The van der Waals surface area contributed by atoms with Gasteiger partial charge < -0.3 is 0 Å². The predicted octanol–water partition coefficient (Wildman–Crippen LogP) is 2.48. The van der Waals surface area contributed by atoms with Crippen LogP contribution in [0.2, 0.25) is 0 Å². The summed E-state index contributed by atoms with van der Waals surface area (Å²) in [5.41, 5.74) is 0. The van der Waals surface area contributed by atoms with Gasteiger partial charge in [-0.1, -0.05) is 24.3 Å². The molecule has 54 valence electrons. The second-order valence-electron chi connectivity index (χ2n) is 3.14. The normalized spacial score (nSPS) is 43.9. The predicted molar refractivity (Wildman–Crippen MR) is 39.4 cm³/mol. The molecule has 0 heterocycles. The zero-order valence-electron chi connectivity index (χ0n) is 5.83. The van der Waals surface area contributed by atoms with Crippen molar-refractivity contribution >= 4 is 0 Å². The first-order valence-electron chi connectivity index (χ1n) is 3.85. The maximum Gasteiger partial charge on any atom is 0.119 e. The molecule has 0 amide bonds. The minimum absolute atomic E-state index is 0.548. The average molecular weight is 138 g/mol. The maximum absolute atomic E-state index is 12.7. The van der Waals surface area contributed by atoms with E-state index in [1.54, 1.807) is 6.08 Å². The van der Waals surface area contributed by atoms with Crippen molar-refractivity contribution in [2.24, 2.45) is 11.8 Å². The molecular weight excluding hydrogens is 127 g/mol. The number of hydrogen-bond acceptors (Lipinski definition) is 0. The van der Waals surface area contributed by atoms with Gasteiger partial charge in [0.15, 0.2) is 0 Å². The summed E-state index contributed by atoms with van der Waals surface area (Å²) in [4.78, 5) is 0. The van der Waals surface area contributed by atoms with E-state index in [4.69, 9.17) is 0 Å². The molecule has 0 N–H and O–H groups in total. The molecule has 0 spiro atoms. The fourth-order valence-electron chi connectivity index (χ4n) is 1.82. The van der Waals surface area contributed by atoms with E-state index in [9.17, 15) is 4.39 Å². The Morgan fingerprint density at radius 3 is 3.00 bits per heavy atom. The third-order valence-corrected chi connectivity index (χ3v) is 2.41. The second kappa shape index (κ2) is 2.22. The number of rotatable bonds is 0. The lowest BCUT2D eigenvalue weighted by Crippen LogP contribution is -2.16. The summed E-state index contributed by atoms with van der Waals surface area (Å²) in [6.45, 7) is 0. The number of alkyl halides is 1. The average Bonchev–Trinajstić information content (AvgIpc) is 2.33. The Bertz CT molecular complexity index is 181. The number of hydrogen-bond donors (Lipinski definition) is 0. The molecule has 2 aliphatic carbocycles. The SMILES string of the molecule is FC1C=CC2C=CCC2C1. The van der Waals surface area contributed by atoms with E-state index >= 15 is 0 Å². The molecule has 0 bridgehead atoms. The highest BCUT2D eigenvalue weighted by Crippen LogP contribution is 2.34. The van der Waals surface area contributed by atoms with Crippen molar-refractivity contribution in [3.63, 3.8) is 0 Å². The first kappa shape index (κ1) is 6.14. The third kappa shape index (κ3) is 0.898. The Labute approximate surface area is 60.4 Å². The van der Waals surface area contributed by atoms with Crippen LogP contribution >= 0.6 is 0 Å². The lowest BCUT2D eigenvalue weighted by molar-refractivity contribution is 0.287. The molecule has 0 nitrogen and oxygen atoms in total. The molecule has 0 radical (unpaired) electrons. The van der Waals surface area contributed by atoms with Crippen molar-refractivity contribution in [3.05, 3.63) is 24.3 Å². The Kier molecular flexibility index (Phi) is 1.37. The summed E-state index contributed by atoms with van der Waals surface area (Å²) in [7, 11) is 0. The first-order chi connectivity index (χ1) is 4.86. The highest BCUT2D eigenvalue weighted by molar-refractivity contribution is 5.14. The zero-order chi connectivity index (χ0) is 6.97. The van der Waals surface area contributed by atoms with E-state index in [0.717, 1.165) is 12.8 Å². The number of halogens is 1. The van der Waals surface area contributed by atoms with Gasteiger partial charge in [-0.2, -0.15) is 0 Å². The molecule has 0 aromatic rings. The Hall–Kier alpha value is -0.590. The smallest absolute Gasteiger partial charge is 0.119 e. The van der Waals surface area contributed by atoms with Gasteiger partial charge in [0.25, 0.3) is 0 Å². The molecule has 2 aliphatic rings. The zero-order valence-corrected chi connectivity index (χ0v) is 5.83. The highest BCUT2D eigenvalue weighted by Gasteiger charge is 2.26. The van der Waals surface area contributed by atoms with Crippen LogP contribution in [0.1, 0.15) is 12.8 Å². The van der Waals surface area contributed by atoms with Gasteiger partial charge in [-0.05, 0) is 24.7 Å². The van der Waals surface area contributed by atoms with Crippen LogP contribution in [0.5, 0.6) is 0 Å². The van der Waals surface area contributed by atoms with Gasteiger partial charge >= 0.3 is 0 Å². The lowest BCUT2D eigenvalue weighted by atomic mass is 9.86. The van der Waals surface area contributed by atoms with Crippen molar-refractivity contribution in [2.75, 3.05) is 0 Å². The fraction of sp³-hybridized carbons (Fsp3) is 0.556. The molecule has 0 saturated heterocycles. The number of allylic oxidation sites excluding steroid dienone is 4. The van der Waals surface area contributed by atoms with Gasteiger partial charge in [-0.25, -0.2) is 4.39 Å². The van der Waals surface area contributed by atoms with Crippen LogP contribution in [0.25, 0.3) is 0 Å². The molecule has 0 aromatic carbocycles. The van der Waals surface area contributed by atoms with Crippen molar-refractivity contribution in [3.8, 4) is 0 Å². The van der Waals surface area contributed by atoms with E-state index in [1.165, 1.54) is 0 Å². The summed E-state index contributed by atoms with van der Waals surface area (Å²) in [5, 5.41) is 0. The van der Waals surface area contributed by atoms with Crippen LogP contribution in [0.4, 0.5) is 4.39 Å². The highest BCUT2D eigenvalue weighted by atomic mass is 19.1. The Morgan fingerprint density at radius 2 is 2.10 bits per heavy atom. The summed E-state index contributed by atoms with van der Waals surface area (Å²) in [5.74, 6) is 1.12. The largest absolute Gasteiger partial charge is 0.243 e. The molecule has 0 saturated carbocycles. The van der Waals surface area contributed by atoms with Gasteiger partial charge in [0, 0.05) is 0 Å². The second-order valence-corrected chi connectivity index (χ2v) is 3.14. The van der Waals surface area contributed by atoms with Crippen LogP contribution in [-0.2, 0) is 0 Å². The van der Waals surface area contributed by atoms with Crippen LogP contribution in [0.15, 0.2) is 24.3 Å². The maximum atomic E-state index is 12.7. The van der Waals surface area contributed by atoms with Crippen LogP contribution in [-0.4, -0.2) is 6.17 Å². The summed E-state index contributed by atoms with van der Waals surface area (Å²) in [6, 6.07) is 0. The minimum atomic E-state index is -0.679. The third-order valence-electron chi connectivity index (χ3n) is 2.41. The fourth-order valence-corrected chi connectivity index (χ4v) is 1.82. The van der Waals surface area contributed by atoms with Crippen molar-refractivity contribution < 1.29 is 4.39 Å². The van der Waals surface area contributed by atoms with Crippen LogP contribution in [0.3, 0.4) is 0 Å². The monoisotopic (exact) mass is 138 g/mol. The van der Waals surface area contributed by atoms with Gasteiger partial charge in [0.05, 0.1) is 0 Å². The number of fused-ring (bicyclic) bond motifs is 1. The lowest BCUT2D eigenvalue weighted by Gasteiger charge is -2.21. The summed E-state index contributed by atoms with van der Waals surface area (Å²) >= 11 is 0. The van der Waals surface area contributed by atoms with E-state index in [1.807, 2.05) is 6.08 Å². The van der Waals surface area contributed by atoms with E-state index < -0.39 is 6.17 Å². The van der Waals surface area contributed by atoms with Crippen molar-refractivity contribution in [1.29, 1.82) is 0 Å². The minimum Gasteiger partial charge on any atom is -0.243 e. The molecule has 0 fully saturated rings. The van der Waals surface area contributed by atoms with E-state index in [2.05, 4.69) is 12.2 Å². The van der Waals surface area contributed by atoms with Gasteiger partial charge in [-0.3, -0.25) is 0 Å². The topological polar surface area (TPSA) is 0 Å². The Balaban J connectivity index is 2.14. The van der Waals surface area contributed by atoms with Crippen molar-refractivity contribution in [2.45, 2.75) is 19.0 Å². The summed E-state index contributed by atoms with van der Waals surface area (Å²) in [6.07, 6.45) is 9.18. The molecule has 1 heteroatoms. The molecular formula is C9H11F. The van der Waals surface area contributed by atoms with E-state index in [-0.39, 0.29) is 0 Å². The molecule has 0 aromatic heterocycles. The molecule has 2 rings (SSSR count). The van der Waals surface area contributed by atoms with Crippen molar-refractivity contribution in [1.82, 2.24) is 0 Å². The molecule has 10 heavy (non-hydrogen) atoms. The Morgan fingerprint density at radius 1 is 1.20 bits per heavy atom. The first-order valence-corrected chi connectivity index (χ1v) is 3.85. The quantitative estimate of drug-likeness (QED) is 0.451. The van der Waals surface area contributed by atoms with Crippen LogP contribution < -0.4 is 0 Å².